The molecule has 2 aromatic carbocycles. The molecule has 0 aliphatic rings. The Kier molecular flexibility index (Phi) is 3.65. The van der Waals surface area contributed by atoms with E-state index >= 15 is 0 Å². The lowest BCUT2D eigenvalue weighted by Crippen LogP contribution is -1.97. The molecule has 0 unspecified atom stereocenters. The highest BCUT2D eigenvalue weighted by atomic mass is 35.5. The quantitative estimate of drug-likeness (QED) is 0.893. The minimum atomic E-state index is -1.06. The first-order chi connectivity index (χ1) is 8.61. The van der Waals surface area contributed by atoms with Gasteiger partial charge in [0.05, 0.1) is 17.2 Å². The van der Waals surface area contributed by atoms with E-state index in [4.69, 9.17) is 21.8 Å². The van der Waals surface area contributed by atoms with Gasteiger partial charge in [-0.05, 0) is 34.9 Å². The van der Waals surface area contributed by atoms with Crippen molar-refractivity contribution in [3.63, 3.8) is 0 Å². The van der Waals surface area contributed by atoms with Crippen LogP contribution in [-0.4, -0.2) is 16.2 Å². The van der Waals surface area contributed by atoms with Crippen molar-refractivity contribution in [1.29, 1.82) is 0 Å². The number of carboxylic acids is 1. The van der Waals surface area contributed by atoms with Gasteiger partial charge in [-0.25, -0.2) is 4.79 Å². The van der Waals surface area contributed by atoms with Crippen molar-refractivity contribution in [3.8, 4) is 11.1 Å². The molecule has 2 aromatic rings. The number of carboxylic acid groups (broad SMARTS) is 1. The highest BCUT2D eigenvalue weighted by Crippen LogP contribution is 2.26. The van der Waals surface area contributed by atoms with Crippen molar-refractivity contribution in [1.82, 2.24) is 0 Å². The Morgan fingerprint density at radius 3 is 2.50 bits per heavy atom. The zero-order valence-corrected chi connectivity index (χ0v) is 10.2. The highest BCUT2D eigenvalue weighted by Gasteiger charge is 2.10. The molecule has 2 N–H and O–H groups in total. The predicted octanol–water partition coefficient (Wildman–Crippen LogP) is 3.20. The Labute approximate surface area is 109 Å². The molecular formula is C14H11ClO3. The molecule has 0 aliphatic heterocycles. The zero-order chi connectivity index (χ0) is 13.1. The molecule has 2 rings (SSSR count). The smallest absolute Gasteiger partial charge is 0.337 e. The van der Waals surface area contributed by atoms with Gasteiger partial charge in [-0.2, -0.15) is 0 Å². The average molecular weight is 263 g/mol. The summed E-state index contributed by atoms with van der Waals surface area (Å²) >= 11 is 5.82. The van der Waals surface area contributed by atoms with Crippen molar-refractivity contribution in [3.05, 3.63) is 58.6 Å². The van der Waals surface area contributed by atoms with Crippen molar-refractivity contribution in [2.75, 3.05) is 0 Å². The summed E-state index contributed by atoms with van der Waals surface area (Å²) in [5.41, 5.74) is 2.45. The third kappa shape index (κ3) is 2.53. The van der Waals surface area contributed by atoms with Crippen LogP contribution in [-0.2, 0) is 6.61 Å². The van der Waals surface area contributed by atoms with E-state index in [1.54, 1.807) is 18.2 Å². The molecule has 0 atom stereocenters. The van der Waals surface area contributed by atoms with Gasteiger partial charge in [0, 0.05) is 0 Å². The monoisotopic (exact) mass is 262 g/mol. The number of halogens is 1. The molecule has 0 aliphatic carbocycles. The maximum Gasteiger partial charge on any atom is 0.337 e. The van der Waals surface area contributed by atoms with Crippen LogP contribution in [0.2, 0.25) is 5.02 Å². The lowest BCUT2D eigenvalue weighted by Gasteiger charge is -2.06. The molecule has 3 nitrogen and oxygen atoms in total. The van der Waals surface area contributed by atoms with Crippen LogP contribution in [0.5, 0.6) is 0 Å². The molecule has 0 radical (unpaired) electrons. The molecule has 0 heterocycles. The van der Waals surface area contributed by atoms with Crippen LogP contribution in [0.4, 0.5) is 0 Å². The zero-order valence-electron chi connectivity index (χ0n) is 9.43. The van der Waals surface area contributed by atoms with Crippen molar-refractivity contribution >= 4 is 17.6 Å². The number of hydrogen-bond acceptors (Lipinski definition) is 2. The van der Waals surface area contributed by atoms with Gasteiger partial charge in [-0.15, -0.1) is 0 Å². The molecule has 0 aromatic heterocycles. The Bertz CT molecular complexity index is 593. The summed E-state index contributed by atoms with van der Waals surface area (Å²) in [6.07, 6.45) is 0. The van der Waals surface area contributed by atoms with E-state index in [9.17, 15) is 4.79 Å². The van der Waals surface area contributed by atoms with E-state index in [2.05, 4.69) is 0 Å². The maximum atomic E-state index is 11.0. The van der Waals surface area contributed by atoms with Crippen molar-refractivity contribution in [2.45, 2.75) is 6.61 Å². The fourth-order valence-electron chi connectivity index (χ4n) is 1.72. The Hall–Kier alpha value is -1.84. The minimum Gasteiger partial charge on any atom is -0.478 e. The number of aliphatic hydroxyl groups is 1. The van der Waals surface area contributed by atoms with Gasteiger partial charge in [0.2, 0.25) is 0 Å². The van der Waals surface area contributed by atoms with Gasteiger partial charge in [-0.3, -0.25) is 0 Å². The van der Waals surface area contributed by atoms with Gasteiger partial charge in [0.15, 0.2) is 0 Å². The van der Waals surface area contributed by atoms with Gasteiger partial charge in [-0.1, -0.05) is 35.9 Å². The summed E-state index contributed by atoms with van der Waals surface area (Å²) in [6, 6.07) is 12.1. The Morgan fingerprint density at radius 2 is 1.83 bits per heavy atom. The first-order valence-corrected chi connectivity index (χ1v) is 5.72. The molecule has 0 saturated carbocycles. The fraction of sp³-hybridized carbons (Fsp3) is 0.0714. The minimum absolute atomic E-state index is 0.0484. The molecule has 0 bridgehead atoms. The van der Waals surface area contributed by atoms with Gasteiger partial charge in [0.1, 0.15) is 0 Å². The Morgan fingerprint density at radius 1 is 1.11 bits per heavy atom. The van der Waals surface area contributed by atoms with E-state index < -0.39 is 5.97 Å². The van der Waals surface area contributed by atoms with Crippen LogP contribution in [0.3, 0.4) is 0 Å². The van der Waals surface area contributed by atoms with E-state index in [1.165, 1.54) is 6.07 Å². The van der Waals surface area contributed by atoms with Gasteiger partial charge >= 0.3 is 5.97 Å². The number of aliphatic hydroxyl groups excluding tert-OH is 1. The third-order valence-electron chi connectivity index (χ3n) is 2.64. The summed E-state index contributed by atoms with van der Waals surface area (Å²) in [6.45, 7) is -0.0484. The molecule has 0 spiro atoms. The van der Waals surface area contributed by atoms with E-state index in [-0.39, 0.29) is 17.2 Å². The number of benzene rings is 2. The summed E-state index contributed by atoms with van der Waals surface area (Å²) in [5.74, 6) is -1.06. The van der Waals surface area contributed by atoms with Crippen LogP contribution in [0.1, 0.15) is 15.9 Å². The topological polar surface area (TPSA) is 57.5 Å². The molecule has 0 amide bonds. The summed E-state index contributed by atoms with van der Waals surface area (Å²) in [7, 11) is 0. The average Bonchev–Trinajstić information content (AvgIpc) is 2.39. The number of hydrogen-bond donors (Lipinski definition) is 2. The number of carbonyl (C=O) groups is 1. The van der Waals surface area contributed by atoms with Crippen LogP contribution >= 0.6 is 11.6 Å². The summed E-state index contributed by atoms with van der Waals surface area (Å²) in [5, 5.41) is 18.3. The second-order valence-electron chi connectivity index (χ2n) is 3.86. The van der Waals surface area contributed by atoms with Crippen molar-refractivity contribution < 1.29 is 15.0 Å². The summed E-state index contributed by atoms with van der Waals surface area (Å²) < 4.78 is 0. The van der Waals surface area contributed by atoms with E-state index in [0.29, 0.717) is 0 Å². The number of rotatable bonds is 3. The first-order valence-electron chi connectivity index (χ1n) is 5.35. The molecule has 92 valence electrons. The molecule has 0 fully saturated rings. The molecular weight excluding hydrogens is 252 g/mol. The second-order valence-corrected chi connectivity index (χ2v) is 4.27. The largest absolute Gasteiger partial charge is 0.478 e. The molecule has 18 heavy (non-hydrogen) atoms. The SMILES string of the molecule is O=C(O)c1cc(-c2cccc(CO)c2)ccc1Cl. The Balaban J connectivity index is 2.50. The van der Waals surface area contributed by atoms with E-state index in [1.807, 2.05) is 18.2 Å². The van der Waals surface area contributed by atoms with Crippen LogP contribution < -0.4 is 0 Å². The summed E-state index contributed by atoms with van der Waals surface area (Å²) in [4.78, 5) is 11.0. The highest BCUT2D eigenvalue weighted by molar-refractivity contribution is 6.33. The van der Waals surface area contributed by atoms with Crippen LogP contribution in [0.25, 0.3) is 11.1 Å². The number of aromatic carboxylic acids is 1. The molecule has 4 heteroatoms. The lowest BCUT2D eigenvalue weighted by molar-refractivity contribution is 0.0697. The van der Waals surface area contributed by atoms with Crippen LogP contribution in [0, 0.1) is 0 Å². The maximum absolute atomic E-state index is 11.0. The predicted molar refractivity (Wildman–Crippen MR) is 69.8 cm³/mol. The van der Waals surface area contributed by atoms with Gasteiger partial charge in [0.25, 0.3) is 0 Å². The van der Waals surface area contributed by atoms with Gasteiger partial charge < -0.3 is 10.2 Å². The fourth-order valence-corrected chi connectivity index (χ4v) is 1.92. The standard InChI is InChI=1S/C14H11ClO3/c15-13-5-4-11(7-12(13)14(17)18)10-3-1-2-9(6-10)8-16/h1-7,16H,8H2,(H,17,18). The second kappa shape index (κ2) is 5.21. The van der Waals surface area contributed by atoms with Crippen LogP contribution in [0.15, 0.2) is 42.5 Å². The molecule has 0 saturated heterocycles. The first kappa shape index (κ1) is 12.6. The van der Waals surface area contributed by atoms with Crippen molar-refractivity contribution in [2.24, 2.45) is 0 Å². The lowest BCUT2D eigenvalue weighted by atomic mass is 10.0. The van der Waals surface area contributed by atoms with E-state index in [0.717, 1.165) is 16.7 Å². The normalized spacial score (nSPS) is 10.3. The third-order valence-corrected chi connectivity index (χ3v) is 2.97.